The largest absolute Gasteiger partial charge is 0.383 e. The number of aromatic nitrogens is 2. The van der Waals surface area contributed by atoms with Crippen LogP contribution in [0.25, 0.3) is 0 Å². The number of halogens is 3. The molecule has 0 fully saturated rings. The number of nitrogens with one attached hydrogen (secondary N) is 1. The summed E-state index contributed by atoms with van der Waals surface area (Å²) in [6, 6.07) is 4.92. The van der Waals surface area contributed by atoms with Gasteiger partial charge in [-0.05, 0) is 28.1 Å². The second-order valence-corrected chi connectivity index (χ2v) is 4.01. The predicted octanol–water partition coefficient (Wildman–Crippen LogP) is 2.84. The second kappa shape index (κ2) is 4.62. The molecule has 0 saturated carbocycles. The quantitative estimate of drug-likeness (QED) is 0.837. The lowest BCUT2D eigenvalue weighted by molar-refractivity contribution is 0.509. The molecule has 2 rings (SSSR count). The number of hydrogen-bond acceptors (Lipinski definition) is 4. The monoisotopic (exact) mass is 300 g/mol. The highest BCUT2D eigenvalue weighted by Gasteiger charge is 2.05. The Bertz CT molecular complexity index is 542. The Morgan fingerprint density at radius 3 is 2.53 bits per heavy atom. The summed E-state index contributed by atoms with van der Waals surface area (Å²) in [5.74, 6) is -1.40. The standard InChI is InChI=1S/C10H7BrF2N4/c11-8-4-9(14)17-10(16-8)15-5-1-2-6(12)7(13)3-5/h1-4H,(H3,14,15,16,17). The molecule has 3 N–H and O–H groups in total. The first-order valence-electron chi connectivity index (χ1n) is 4.57. The summed E-state index contributed by atoms with van der Waals surface area (Å²) in [7, 11) is 0. The van der Waals surface area contributed by atoms with Crippen LogP contribution in [-0.2, 0) is 0 Å². The first-order valence-corrected chi connectivity index (χ1v) is 5.36. The van der Waals surface area contributed by atoms with E-state index in [0.717, 1.165) is 12.1 Å². The molecule has 0 aliphatic heterocycles. The fraction of sp³-hybridized carbons (Fsp3) is 0. The number of rotatable bonds is 2. The first kappa shape index (κ1) is 11.7. The number of anilines is 3. The molecule has 4 nitrogen and oxygen atoms in total. The minimum Gasteiger partial charge on any atom is -0.383 e. The van der Waals surface area contributed by atoms with E-state index in [9.17, 15) is 8.78 Å². The van der Waals surface area contributed by atoms with Gasteiger partial charge >= 0.3 is 0 Å². The number of nitrogens with two attached hydrogens (primary N) is 1. The van der Waals surface area contributed by atoms with Gasteiger partial charge in [-0.15, -0.1) is 0 Å². The van der Waals surface area contributed by atoms with Gasteiger partial charge in [0.15, 0.2) is 11.6 Å². The van der Waals surface area contributed by atoms with E-state index in [1.54, 1.807) is 0 Å². The highest BCUT2D eigenvalue weighted by atomic mass is 79.9. The van der Waals surface area contributed by atoms with Gasteiger partial charge in [0.1, 0.15) is 10.4 Å². The minimum atomic E-state index is -0.946. The SMILES string of the molecule is Nc1cc(Br)nc(Nc2ccc(F)c(F)c2)n1. The number of nitrogen functional groups attached to an aromatic ring is 1. The molecule has 1 aromatic carbocycles. The van der Waals surface area contributed by atoms with Crippen LogP contribution in [0.15, 0.2) is 28.9 Å². The average molecular weight is 301 g/mol. The van der Waals surface area contributed by atoms with Crippen molar-refractivity contribution in [3.8, 4) is 0 Å². The maximum atomic E-state index is 13.0. The van der Waals surface area contributed by atoms with Crippen molar-refractivity contribution in [2.75, 3.05) is 11.1 Å². The molecule has 1 aromatic heterocycles. The zero-order valence-corrected chi connectivity index (χ0v) is 10.0. The summed E-state index contributed by atoms with van der Waals surface area (Å²) >= 11 is 3.15. The van der Waals surface area contributed by atoms with Gasteiger partial charge in [-0.25, -0.2) is 13.8 Å². The van der Waals surface area contributed by atoms with Crippen LogP contribution in [0.3, 0.4) is 0 Å². The summed E-state index contributed by atoms with van der Waals surface area (Å²) in [6.45, 7) is 0. The zero-order chi connectivity index (χ0) is 12.4. The third-order valence-corrected chi connectivity index (χ3v) is 2.30. The van der Waals surface area contributed by atoms with Crippen LogP contribution >= 0.6 is 15.9 Å². The average Bonchev–Trinajstić information content (AvgIpc) is 2.22. The normalized spacial score (nSPS) is 10.3. The van der Waals surface area contributed by atoms with Gasteiger partial charge in [-0.1, -0.05) is 0 Å². The van der Waals surface area contributed by atoms with Gasteiger partial charge in [-0.3, -0.25) is 0 Å². The predicted molar refractivity (Wildman–Crippen MR) is 63.8 cm³/mol. The highest BCUT2D eigenvalue weighted by Crippen LogP contribution is 2.19. The van der Waals surface area contributed by atoms with Crippen molar-refractivity contribution in [3.05, 3.63) is 40.5 Å². The number of benzene rings is 1. The van der Waals surface area contributed by atoms with Gasteiger partial charge in [0.25, 0.3) is 0 Å². The van der Waals surface area contributed by atoms with E-state index in [0.29, 0.717) is 10.3 Å². The summed E-state index contributed by atoms with van der Waals surface area (Å²) in [6.07, 6.45) is 0. The van der Waals surface area contributed by atoms with E-state index < -0.39 is 11.6 Å². The molecule has 0 spiro atoms. The van der Waals surface area contributed by atoms with Crippen molar-refractivity contribution in [3.63, 3.8) is 0 Å². The van der Waals surface area contributed by atoms with Gasteiger partial charge in [0.05, 0.1) is 0 Å². The molecule has 0 bridgehead atoms. The van der Waals surface area contributed by atoms with Crippen molar-refractivity contribution in [1.29, 1.82) is 0 Å². The van der Waals surface area contributed by atoms with E-state index >= 15 is 0 Å². The van der Waals surface area contributed by atoms with Crippen molar-refractivity contribution in [2.45, 2.75) is 0 Å². The number of hydrogen-bond donors (Lipinski definition) is 2. The van der Waals surface area contributed by atoms with Gasteiger partial charge in [0.2, 0.25) is 5.95 Å². The lowest BCUT2D eigenvalue weighted by Crippen LogP contribution is -2.01. The van der Waals surface area contributed by atoms with E-state index in [2.05, 4.69) is 31.2 Å². The summed E-state index contributed by atoms with van der Waals surface area (Å²) < 4.78 is 26.2. The van der Waals surface area contributed by atoms with E-state index in [1.807, 2.05) is 0 Å². The molecule has 0 radical (unpaired) electrons. The Hall–Kier alpha value is -1.76. The van der Waals surface area contributed by atoms with Crippen LogP contribution in [0.2, 0.25) is 0 Å². The third-order valence-electron chi connectivity index (χ3n) is 1.89. The van der Waals surface area contributed by atoms with Crippen LogP contribution < -0.4 is 11.1 Å². The summed E-state index contributed by atoms with van der Waals surface area (Å²) in [5.41, 5.74) is 5.85. The Labute approximate surface area is 104 Å². The molecule has 17 heavy (non-hydrogen) atoms. The third kappa shape index (κ3) is 2.88. The molecular formula is C10H7BrF2N4. The fourth-order valence-corrected chi connectivity index (χ4v) is 1.60. The molecule has 7 heteroatoms. The number of nitrogens with zero attached hydrogens (tertiary/aromatic N) is 2. The molecule has 0 unspecified atom stereocenters. The van der Waals surface area contributed by atoms with E-state index in [-0.39, 0.29) is 11.8 Å². The minimum absolute atomic E-state index is 0.197. The molecule has 0 atom stereocenters. The van der Waals surface area contributed by atoms with Crippen LogP contribution in [0.4, 0.5) is 26.2 Å². The van der Waals surface area contributed by atoms with E-state index in [1.165, 1.54) is 12.1 Å². The Kier molecular flexibility index (Phi) is 3.19. The Morgan fingerprint density at radius 1 is 1.12 bits per heavy atom. The van der Waals surface area contributed by atoms with Crippen molar-refractivity contribution >= 4 is 33.4 Å². The van der Waals surface area contributed by atoms with Gasteiger partial charge < -0.3 is 11.1 Å². The topological polar surface area (TPSA) is 63.8 Å². The van der Waals surface area contributed by atoms with Crippen molar-refractivity contribution < 1.29 is 8.78 Å². The zero-order valence-electron chi connectivity index (χ0n) is 8.42. The molecule has 2 aromatic rings. The molecule has 1 heterocycles. The van der Waals surface area contributed by atoms with Gasteiger partial charge in [0, 0.05) is 17.8 Å². The fourth-order valence-electron chi connectivity index (χ4n) is 1.19. The van der Waals surface area contributed by atoms with E-state index in [4.69, 9.17) is 5.73 Å². The Balaban J connectivity index is 2.28. The maximum absolute atomic E-state index is 13.0. The van der Waals surface area contributed by atoms with Crippen LogP contribution in [-0.4, -0.2) is 9.97 Å². The second-order valence-electron chi connectivity index (χ2n) is 3.19. The molecule has 88 valence electrons. The molecule has 0 aliphatic carbocycles. The smallest absolute Gasteiger partial charge is 0.230 e. The lowest BCUT2D eigenvalue weighted by Gasteiger charge is -2.06. The maximum Gasteiger partial charge on any atom is 0.230 e. The highest BCUT2D eigenvalue weighted by molar-refractivity contribution is 9.10. The summed E-state index contributed by atoms with van der Waals surface area (Å²) in [4.78, 5) is 7.87. The lowest BCUT2D eigenvalue weighted by atomic mass is 10.3. The first-order chi connectivity index (χ1) is 8.04. The van der Waals surface area contributed by atoms with Crippen LogP contribution in [0.5, 0.6) is 0 Å². The van der Waals surface area contributed by atoms with Crippen molar-refractivity contribution in [2.24, 2.45) is 0 Å². The molecule has 0 amide bonds. The van der Waals surface area contributed by atoms with Gasteiger partial charge in [-0.2, -0.15) is 4.98 Å². The van der Waals surface area contributed by atoms with Crippen LogP contribution in [0.1, 0.15) is 0 Å². The molecule has 0 aliphatic rings. The molecule has 0 saturated heterocycles. The van der Waals surface area contributed by atoms with Crippen LogP contribution in [0, 0.1) is 11.6 Å². The molecular weight excluding hydrogens is 294 g/mol. The summed E-state index contributed by atoms with van der Waals surface area (Å²) in [5, 5.41) is 2.71. The Morgan fingerprint density at radius 2 is 1.88 bits per heavy atom. The van der Waals surface area contributed by atoms with Crippen molar-refractivity contribution in [1.82, 2.24) is 9.97 Å².